The van der Waals surface area contributed by atoms with Crippen molar-refractivity contribution < 1.29 is 9.59 Å². The summed E-state index contributed by atoms with van der Waals surface area (Å²) in [6.07, 6.45) is 0.966. The van der Waals surface area contributed by atoms with E-state index in [1.165, 1.54) is 11.8 Å². The smallest absolute Gasteiger partial charge is 0.234 e. The molecule has 0 radical (unpaired) electrons. The fourth-order valence-corrected chi connectivity index (χ4v) is 4.01. The van der Waals surface area contributed by atoms with Crippen LogP contribution in [0.15, 0.2) is 53.7 Å². The molecule has 1 aromatic heterocycles. The van der Waals surface area contributed by atoms with Crippen molar-refractivity contribution in [1.82, 2.24) is 14.8 Å². The van der Waals surface area contributed by atoms with Gasteiger partial charge in [0.25, 0.3) is 0 Å². The van der Waals surface area contributed by atoms with E-state index in [0.29, 0.717) is 17.5 Å². The third-order valence-corrected chi connectivity index (χ3v) is 5.82. The summed E-state index contributed by atoms with van der Waals surface area (Å²) < 4.78 is 1.87. The molecule has 0 aliphatic carbocycles. The van der Waals surface area contributed by atoms with Crippen LogP contribution in [-0.4, -0.2) is 32.3 Å². The van der Waals surface area contributed by atoms with Gasteiger partial charge in [-0.3, -0.25) is 9.59 Å². The number of thioether (sulfide) groups is 1. The van der Waals surface area contributed by atoms with Crippen molar-refractivity contribution in [3.05, 3.63) is 65.5 Å². The van der Waals surface area contributed by atoms with E-state index in [1.54, 1.807) is 0 Å². The van der Waals surface area contributed by atoms with E-state index >= 15 is 0 Å². The molecule has 7 nitrogen and oxygen atoms in total. The van der Waals surface area contributed by atoms with Crippen molar-refractivity contribution in [3.8, 4) is 0 Å². The normalized spacial score (nSPS) is 10.7. The Bertz CT molecular complexity index is 1060. The molecule has 2 aromatic carbocycles. The van der Waals surface area contributed by atoms with Crippen LogP contribution in [0, 0.1) is 6.92 Å². The van der Waals surface area contributed by atoms with Gasteiger partial charge in [0.1, 0.15) is 5.82 Å². The van der Waals surface area contributed by atoms with Crippen LogP contribution >= 0.6 is 11.8 Å². The van der Waals surface area contributed by atoms with Crippen LogP contribution in [0.5, 0.6) is 0 Å². The highest BCUT2D eigenvalue weighted by Crippen LogP contribution is 2.20. The Balaban J connectivity index is 1.60. The predicted molar refractivity (Wildman–Crippen MR) is 124 cm³/mol. The van der Waals surface area contributed by atoms with Crippen LogP contribution in [0.25, 0.3) is 0 Å². The summed E-state index contributed by atoms with van der Waals surface area (Å²) in [5, 5.41) is 14.9. The highest BCUT2D eigenvalue weighted by atomic mass is 32.2. The Morgan fingerprint density at radius 1 is 0.935 bits per heavy atom. The molecule has 0 aliphatic heterocycles. The van der Waals surface area contributed by atoms with Crippen molar-refractivity contribution in [2.45, 2.75) is 45.3 Å². The van der Waals surface area contributed by atoms with Gasteiger partial charge in [0.05, 0.1) is 12.2 Å². The Labute approximate surface area is 186 Å². The molecule has 0 spiro atoms. The van der Waals surface area contributed by atoms with Crippen LogP contribution in [0.1, 0.15) is 30.8 Å². The predicted octanol–water partition coefficient (Wildman–Crippen LogP) is 4.08. The Morgan fingerprint density at radius 3 is 2.32 bits per heavy atom. The summed E-state index contributed by atoms with van der Waals surface area (Å²) in [5.41, 5.74) is 3.72. The summed E-state index contributed by atoms with van der Waals surface area (Å²) in [7, 11) is 0. The van der Waals surface area contributed by atoms with E-state index in [9.17, 15) is 9.59 Å². The van der Waals surface area contributed by atoms with Gasteiger partial charge in [-0.15, -0.1) is 10.2 Å². The average Bonchev–Trinajstić information content (AvgIpc) is 3.15. The summed E-state index contributed by atoms with van der Waals surface area (Å²) >= 11 is 1.31. The Kier molecular flexibility index (Phi) is 7.83. The highest BCUT2D eigenvalue weighted by Gasteiger charge is 2.16. The van der Waals surface area contributed by atoms with Gasteiger partial charge < -0.3 is 15.2 Å². The molecular weight excluding hydrogens is 410 g/mol. The maximum Gasteiger partial charge on any atom is 0.234 e. The van der Waals surface area contributed by atoms with Crippen LogP contribution in [0.3, 0.4) is 0 Å². The number of aromatic nitrogens is 3. The largest absolute Gasteiger partial charge is 0.325 e. The zero-order chi connectivity index (χ0) is 22.2. The Hall–Kier alpha value is -3.13. The first kappa shape index (κ1) is 22.6. The number of benzene rings is 2. The number of anilines is 2. The molecule has 0 aliphatic rings. The molecule has 3 rings (SSSR count). The van der Waals surface area contributed by atoms with Crippen LogP contribution < -0.4 is 10.6 Å². The standard InChI is InChI=1S/C23H27N5O2S/c1-4-17-11-7-9-13-19(17)25-22(30)15-31-23-27-26-20(28(23)5-2)14-21(29)24-18-12-8-6-10-16(18)3/h6-13H,4-5,14-15H2,1-3H3,(H,24,29)(H,25,30). The minimum atomic E-state index is -0.151. The topological polar surface area (TPSA) is 88.9 Å². The van der Waals surface area contributed by atoms with Gasteiger partial charge in [0.15, 0.2) is 5.16 Å². The van der Waals surface area contributed by atoms with Gasteiger partial charge >= 0.3 is 0 Å². The maximum absolute atomic E-state index is 12.5. The lowest BCUT2D eigenvalue weighted by molar-refractivity contribution is -0.116. The molecule has 0 fully saturated rings. The zero-order valence-corrected chi connectivity index (χ0v) is 18.8. The summed E-state index contributed by atoms with van der Waals surface area (Å²) in [6, 6.07) is 15.4. The van der Waals surface area contributed by atoms with Crippen molar-refractivity contribution in [2.75, 3.05) is 16.4 Å². The maximum atomic E-state index is 12.5. The summed E-state index contributed by atoms with van der Waals surface area (Å²) in [6.45, 7) is 6.58. The molecule has 8 heteroatoms. The minimum absolute atomic E-state index is 0.101. The van der Waals surface area contributed by atoms with Gasteiger partial charge in [-0.05, 0) is 43.5 Å². The first-order valence-electron chi connectivity index (χ1n) is 10.3. The number of para-hydroxylation sites is 2. The second-order valence-electron chi connectivity index (χ2n) is 7.03. The average molecular weight is 438 g/mol. The monoisotopic (exact) mass is 437 g/mol. The fraction of sp³-hybridized carbons (Fsp3) is 0.304. The molecule has 2 N–H and O–H groups in total. The number of nitrogens with zero attached hydrogens (tertiary/aromatic N) is 3. The van der Waals surface area contributed by atoms with Gasteiger partial charge in [-0.1, -0.05) is 55.1 Å². The van der Waals surface area contributed by atoms with Crippen molar-refractivity contribution in [3.63, 3.8) is 0 Å². The van der Waals surface area contributed by atoms with Crippen molar-refractivity contribution in [1.29, 1.82) is 0 Å². The molecule has 0 atom stereocenters. The number of hydrogen-bond donors (Lipinski definition) is 2. The number of nitrogens with one attached hydrogen (secondary N) is 2. The molecule has 162 valence electrons. The second-order valence-corrected chi connectivity index (χ2v) is 7.97. The van der Waals surface area contributed by atoms with E-state index in [0.717, 1.165) is 28.9 Å². The van der Waals surface area contributed by atoms with Gasteiger partial charge in [-0.25, -0.2) is 0 Å². The molecule has 2 amide bonds. The van der Waals surface area contributed by atoms with Crippen LogP contribution in [0.2, 0.25) is 0 Å². The number of amides is 2. The quantitative estimate of drug-likeness (QED) is 0.493. The lowest BCUT2D eigenvalue weighted by atomic mass is 10.1. The van der Waals surface area contributed by atoms with Crippen LogP contribution in [0.4, 0.5) is 11.4 Å². The zero-order valence-electron chi connectivity index (χ0n) is 18.0. The van der Waals surface area contributed by atoms with E-state index in [-0.39, 0.29) is 24.0 Å². The second kappa shape index (κ2) is 10.8. The van der Waals surface area contributed by atoms with Crippen molar-refractivity contribution in [2.24, 2.45) is 0 Å². The SMILES string of the molecule is CCc1ccccc1NC(=O)CSc1nnc(CC(=O)Nc2ccccc2C)n1CC. The molecule has 0 saturated carbocycles. The van der Waals surface area contributed by atoms with E-state index < -0.39 is 0 Å². The number of aryl methyl sites for hydroxylation is 2. The number of carbonyl (C=O) groups excluding carboxylic acids is 2. The van der Waals surface area contributed by atoms with Crippen LogP contribution in [-0.2, 0) is 29.0 Å². The van der Waals surface area contributed by atoms with Gasteiger partial charge in [-0.2, -0.15) is 0 Å². The fourth-order valence-electron chi connectivity index (χ4n) is 3.19. The number of carbonyl (C=O) groups is 2. The lowest BCUT2D eigenvalue weighted by Crippen LogP contribution is -2.18. The van der Waals surface area contributed by atoms with E-state index in [1.807, 2.05) is 66.9 Å². The molecule has 0 bridgehead atoms. The highest BCUT2D eigenvalue weighted by molar-refractivity contribution is 7.99. The molecule has 0 unspecified atom stereocenters. The first-order valence-corrected chi connectivity index (χ1v) is 11.3. The van der Waals surface area contributed by atoms with E-state index in [2.05, 4.69) is 27.8 Å². The third-order valence-electron chi connectivity index (χ3n) is 4.85. The first-order chi connectivity index (χ1) is 15.0. The third kappa shape index (κ3) is 5.95. The molecule has 0 saturated heterocycles. The van der Waals surface area contributed by atoms with Gasteiger partial charge in [0, 0.05) is 17.9 Å². The summed E-state index contributed by atoms with van der Waals surface area (Å²) in [4.78, 5) is 24.9. The number of hydrogen-bond acceptors (Lipinski definition) is 5. The van der Waals surface area contributed by atoms with Gasteiger partial charge in [0.2, 0.25) is 11.8 Å². The molecule has 1 heterocycles. The minimum Gasteiger partial charge on any atom is -0.325 e. The summed E-state index contributed by atoms with van der Waals surface area (Å²) in [5.74, 6) is 0.538. The lowest BCUT2D eigenvalue weighted by Gasteiger charge is -2.10. The Morgan fingerprint density at radius 2 is 1.61 bits per heavy atom. The molecule has 31 heavy (non-hydrogen) atoms. The molecular formula is C23H27N5O2S. The molecule has 3 aromatic rings. The van der Waals surface area contributed by atoms with E-state index in [4.69, 9.17) is 0 Å². The number of rotatable bonds is 9. The van der Waals surface area contributed by atoms with Crippen molar-refractivity contribution >= 4 is 35.0 Å².